The fourth-order valence-corrected chi connectivity index (χ4v) is 4.86. The third-order valence-corrected chi connectivity index (χ3v) is 7.07. The molecule has 1 heterocycles. The number of carbonyl (C=O) groups excluding carboxylic acids is 1. The first kappa shape index (κ1) is 25.8. The molecule has 1 unspecified atom stereocenters. The van der Waals surface area contributed by atoms with Crippen molar-refractivity contribution in [2.24, 2.45) is 0 Å². The van der Waals surface area contributed by atoms with E-state index in [2.05, 4.69) is 0 Å². The van der Waals surface area contributed by atoms with Crippen LogP contribution in [0.2, 0.25) is 0 Å². The van der Waals surface area contributed by atoms with E-state index in [1.54, 1.807) is 32.4 Å². The van der Waals surface area contributed by atoms with Crippen molar-refractivity contribution in [3.63, 3.8) is 0 Å². The van der Waals surface area contributed by atoms with Gasteiger partial charge in [0.2, 0.25) is 5.91 Å². The maximum absolute atomic E-state index is 13.1. The fraction of sp³-hybridized carbons (Fsp3) is 0.480. The molecule has 0 aromatic heterocycles. The minimum Gasteiger partial charge on any atom is -0.497 e. The molecule has 1 aliphatic heterocycles. The number of sulfone groups is 1. The molecule has 1 amide bonds. The van der Waals surface area contributed by atoms with Gasteiger partial charge in [0.25, 0.3) is 0 Å². The monoisotopic (exact) mass is 490 g/mol. The highest BCUT2D eigenvalue weighted by atomic mass is 32.2. The van der Waals surface area contributed by atoms with E-state index in [0.29, 0.717) is 31.9 Å². The first-order valence-electron chi connectivity index (χ1n) is 11.4. The van der Waals surface area contributed by atoms with Crippen LogP contribution in [0.25, 0.3) is 0 Å². The number of hydrogen-bond donors (Lipinski definition) is 0. The van der Waals surface area contributed by atoms with Crippen molar-refractivity contribution in [1.82, 2.24) is 9.80 Å². The van der Waals surface area contributed by atoms with Gasteiger partial charge in [-0.25, -0.2) is 8.42 Å². The van der Waals surface area contributed by atoms with Crippen molar-refractivity contribution in [2.45, 2.75) is 30.2 Å². The van der Waals surface area contributed by atoms with Gasteiger partial charge in [-0.3, -0.25) is 9.69 Å². The lowest BCUT2D eigenvalue weighted by molar-refractivity contribution is -0.133. The van der Waals surface area contributed by atoms with Crippen LogP contribution in [0.15, 0.2) is 47.4 Å². The van der Waals surface area contributed by atoms with E-state index < -0.39 is 9.84 Å². The summed E-state index contributed by atoms with van der Waals surface area (Å²) in [7, 11) is 1.90. The van der Waals surface area contributed by atoms with Gasteiger partial charge in [0.15, 0.2) is 9.84 Å². The summed E-state index contributed by atoms with van der Waals surface area (Å²) in [6.45, 7) is 2.16. The van der Waals surface area contributed by atoms with Crippen molar-refractivity contribution in [3.8, 4) is 17.2 Å². The number of ether oxygens (including phenoxy) is 3. The number of likely N-dealkylation sites (tertiary alicyclic amines) is 1. The standard InChI is InChI=1S/C25H34N2O6S/c1-26(13-7-15-33-20-8-5-9-21(16-20)34(4,29)30)18-25(28)27-14-6-10-23(27)22-12-11-19(31-2)17-24(22)32-3/h5,8-9,11-12,16-17,23H,6-7,10,13-15,18H2,1-4H3. The molecule has 0 aliphatic carbocycles. The number of carbonyl (C=O) groups is 1. The molecule has 1 atom stereocenters. The number of methoxy groups -OCH3 is 2. The predicted molar refractivity (Wildman–Crippen MR) is 130 cm³/mol. The second-order valence-corrected chi connectivity index (χ2v) is 10.6. The molecule has 2 aromatic rings. The highest BCUT2D eigenvalue weighted by molar-refractivity contribution is 7.90. The molecule has 3 rings (SSSR count). The third kappa shape index (κ3) is 6.64. The van der Waals surface area contributed by atoms with E-state index >= 15 is 0 Å². The molecule has 1 saturated heterocycles. The highest BCUT2D eigenvalue weighted by Gasteiger charge is 2.32. The van der Waals surface area contributed by atoms with E-state index in [0.717, 1.165) is 36.4 Å². The quantitative estimate of drug-likeness (QED) is 0.447. The summed E-state index contributed by atoms with van der Waals surface area (Å²) >= 11 is 0. The molecular weight excluding hydrogens is 456 g/mol. The lowest BCUT2D eigenvalue weighted by Crippen LogP contribution is -2.39. The number of nitrogens with zero attached hydrogens (tertiary/aromatic N) is 2. The van der Waals surface area contributed by atoms with Crippen molar-refractivity contribution >= 4 is 15.7 Å². The van der Waals surface area contributed by atoms with Gasteiger partial charge in [-0.15, -0.1) is 0 Å². The fourth-order valence-electron chi connectivity index (χ4n) is 4.20. The van der Waals surface area contributed by atoms with Crippen molar-refractivity contribution in [3.05, 3.63) is 48.0 Å². The van der Waals surface area contributed by atoms with Crippen molar-refractivity contribution < 1.29 is 27.4 Å². The zero-order chi connectivity index (χ0) is 24.7. The van der Waals surface area contributed by atoms with Crippen molar-refractivity contribution in [2.75, 3.05) is 53.8 Å². The van der Waals surface area contributed by atoms with Gasteiger partial charge in [0, 0.05) is 31.0 Å². The third-order valence-electron chi connectivity index (χ3n) is 5.96. The Kier molecular flexibility index (Phi) is 8.79. The van der Waals surface area contributed by atoms with Crippen LogP contribution in [-0.4, -0.2) is 77.9 Å². The van der Waals surface area contributed by atoms with E-state index in [9.17, 15) is 13.2 Å². The molecule has 0 spiro atoms. The number of likely N-dealkylation sites (N-methyl/N-ethyl adjacent to an activating group) is 1. The van der Waals surface area contributed by atoms with Crippen LogP contribution < -0.4 is 14.2 Å². The zero-order valence-electron chi connectivity index (χ0n) is 20.3. The minimum atomic E-state index is -3.27. The Morgan fingerprint density at radius 1 is 1.12 bits per heavy atom. The average Bonchev–Trinajstić information content (AvgIpc) is 3.31. The summed E-state index contributed by atoms with van der Waals surface area (Å²) < 4.78 is 39.9. The zero-order valence-corrected chi connectivity index (χ0v) is 21.1. The highest BCUT2D eigenvalue weighted by Crippen LogP contribution is 2.38. The SMILES string of the molecule is COc1ccc(C2CCCN2C(=O)CN(C)CCCOc2cccc(S(C)(=O)=O)c2)c(OC)c1. The predicted octanol–water partition coefficient (Wildman–Crippen LogP) is 3.17. The van der Waals surface area contributed by atoms with Crippen LogP contribution in [0.3, 0.4) is 0 Å². The summed E-state index contributed by atoms with van der Waals surface area (Å²) in [5, 5.41) is 0. The second kappa shape index (κ2) is 11.6. The Balaban J connectivity index is 1.50. The molecule has 8 nitrogen and oxygen atoms in total. The Bertz CT molecular complexity index is 1090. The normalized spacial score (nSPS) is 16.0. The number of rotatable bonds is 11. The first-order chi connectivity index (χ1) is 16.2. The molecule has 0 saturated carbocycles. The maximum atomic E-state index is 13.1. The molecule has 1 fully saturated rings. The van der Waals surface area contributed by atoms with Gasteiger partial charge >= 0.3 is 0 Å². The smallest absolute Gasteiger partial charge is 0.237 e. The van der Waals surface area contributed by atoms with E-state index in [1.165, 1.54) is 12.3 Å². The summed E-state index contributed by atoms with van der Waals surface area (Å²) in [5.41, 5.74) is 1.00. The largest absolute Gasteiger partial charge is 0.497 e. The minimum absolute atomic E-state index is 0.00721. The Morgan fingerprint density at radius 3 is 2.62 bits per heavy atom. The summed E-state index contributed by atoms with van der Waals surface area (Å²) in [6, 6.07) is 12.2. The molecular formula is C25H34N2O6S. The summed E-state index contributed by atoms with van der Waals surface area (Å²) in [6.07, 6.45) is 3.74. The van der Waals surface area contributed by atoms with Gasteiger partial charge in [-0.2, -0.15) is 0 Å². The topological polar surface area (TPSA) is 85.4 Å². The average molecular weight is 491 g/mol. The molecule has 186 valence electrons. The number of hydrogen-bond acceptors (Lipinski definition) is 7. The lowest BCUT2D eigenvalue weighted by Gasteiger charge is -2.28. The van der Waals surface area contributed by atoms with E-state index in [1.807, 2.05) is 35.0 Å². The maximum Gasteiger partial charge on any atom is 0.237 e. The first-order valence-corrected chi connectivity index (χ1v) is 13.2. The molecule has 1 aliphatic rings. The van der Waals surface area contributed by atoms with Gasteiger partial charge in [-0.1, -0.05) is 6.07 Å². The Labute approximate surface area is 202 Å². The van der Waals surface area contributed by atoms with Crippen LogP contribution in [0.1, 0.15) is 30.9 Å². The molecule has 2 aromatic carbocycles. The summed E-state index contributed by atoms with van der Waals surface area (Å²) in [4.78, 5) is 17.2. The number of amides is 1. The molecule has 34 heavy (non-hydrogen) atoms. The Hall–Kier alpha value is -2.78. The van der Waals surface area contributed by atoms with Crippen LogP contribution in [0.5, 0.6) is 17.2 Å². The molecule has 0 radical (unpaired) electrons. The van der Waals surface area contributed by atoms with E-state index in [4.69, 9.17) is 14.2 Å². The van der Waals surface area contributed by atoms with Gasteiger partial charge in [0.05, 0.1) is 38.3 Å². The van der Waals surface area contributed by atoms with Crippen LogP contribution >= 0.6 is 0 Å². The second-order valence-electron chi connectivity index (χ2n) is 8.54. The van der Waals surface area contributed by atoms with Gasteiger partial charge in [0.1, 0.15) is 17.2 Å². The van der Waals surface area contributed by atoms with Gasteiger partial charge < -0.3 is 19.1 Å². The molecule has 9 heteroatoms. The van der Waals surface area contributed by atoms with Crippen LogP contribution in [-0.2, 0) is 14.6 Å². The van der Waals surface area contributed by atoms with Gasteiger partial charge in [-0.05, 0) is 56.6 Å². The number of benzene rings is 2. The van der Waals surface area contributed by atoms with Crippen LogP contribution in [0.4, 0.5) is 0 Å². The van der Waals surface area contributed by atoms with E-state index in [-0.39, 0.29) is 16.8 Å². The lowest BCUT2D eigenvalue weighted by atomic mass is 10.0. The Morgan fingerprint density at radius 2 is 1.91 bits per heavy atom. The molecule has 0 N–H and O–H groups in total. The van der Waals surface area contributed by atoms with Crippen LogP contribution in [0, 0.1) is 0 Å². The van der Waals surface area contributed by atoms with Crippen molar-refractivity contribution in [1.29, 1.82) is 0 Å². The molecule has 0 bridgehead atoms. The summed E-state index contributed by atoms with van der Waals surface area (Å²) in [5.74, 6) is 2.07.